The molecular formula is C71H92ClF3N10O8S4. The second-order valence-corrected chi connectivity index (χ2v) is 32.6. The van der Waals surface area contributed by atoms with Crippen LogP contribution in [0.2, 0.25) is 5.02 Å². The Bertz CT molecular complexity index is 3840. The van der Waals surface area contributed by atoms with Crippen LogP contribution in [0, 0.1) is 17.8 Å². The number of amides is 3. The van der Waals surface area contributed by atoms with Gasteiger partial charge >= 0.3 is 5.51 Å². The number of thiazole rings is 1. The molecule has 0 unspecified atom stereocenters. The quantitative estimate of drug-likeness (QED) is 0.0132. The van der Waals surface area contributed by atoms with Gasteiger partial charge in [0.15, 0.2) is 0 Å². The van der Waals surface area contributed by atoms with Gasteiger partial charge in [0, 0.05) is 85.2 Å². The number of β-amino-alcohol motifs (C(OH)–C–C–N with tert-alkyl or cyclic N) is 1. The van der Waals surface area contributed by atoms with Gasteiger partial charge < -0.3 is 47.2 Å². The van der Waals surface area contributed by atoms with E-state index in [0.29, 0.717) is 74.8 Å². The fraction of sp³-hybridized carbons (Fsp3) is 0.465. The number of carbonyl (C=O) groups excluding carboxylic acids is 3. The second kappa shape index (κ2) is 35.1. The van der Waals surface area contributed by atoms with Crippen molar-refractivity contribution in [3.05, 3.63) is 160 Å². The Morgan fingerprint density at radius 2 is 1.46 bits per heavy atom. The lowest BCUT2D eigenvalue weighted by Gasteiger charge is -2.35. The van der Waals surface area contributed by atoms with Crippen LogP contribution in [-0.4, -0.2) is 144 Å². The zero-order valence-corrected chi connectivity index (χ0v) is 59.9. The number of sulfonamides is 1. The Morgan fingerprint density at radius 1 is 0.794 bits per heavy atom. The zero-order valence-electron chi connectivity index (χ0n) is 55.9. The summed E-state index contributed by atoms with van der Waals surface area (Å²) in [4.78, 5) is 46.7. The van der Waals surface area contributed by atoms with E-state index in [0.717, 1.165) is 90.2 Å². The van der Waals surface area contributed by atoms with Gasteiger partial charge in [-0.25, -0.2) is 26.5 Å². The number of likely N-dealkylation sites (tertiary alicyclic amines) is 1. The molecule has 26 heteroatoms. The number of benzene rings is 5. The molecule has 5 aromatic carbocycles. The molecule has 18 nitrogen and oxygen atoms in total. The third kappa shape index (κ3) is 22.3. The van der Waals surface area contributed by atoms with E-state index >= 15 is 0 Å². The number of aryl methyl sites for hydroxylation is 1. The molecule has 8 rings (SSSR count). The smallest absolute Gasteiger partial charge is 0.391 e. The van der Waals surface area contributed by atoms with E-state index in [-0.39, 0.29) is 42.3 Å². The summed E-state index contributed by atoms with van der Waals surface area (Å²) in [7, 11) is -11.0. The molecule has 1 aromatic heterocycles. The first-order chi connectivity index (χ1) is 46.1. The van der Waals surface area contributed by atoms with Crippen molar-refractivity contribution in [2.24, 2.45) is 10.8 Å². The van der Waals surface area contributed by atoms with Crippen LogP contribution in [0.5, 0.6) is 0 Å². The zero-order chi connectivity index (χ0) is 70.0. The molecule has 9 N–H and O–H groups in total. The lowest BCUT2D eigenvalue weighted by Crippen LogP contribution is -2.56. The Labute approximate surface area is 582 Å². The molecule has 1 aliphatic heterocycles. The number of hydrogen-bond acceptors (Lipinski definition) is 17. The number of allylic oxidation sites excluding steroid dienone is 1. The number of carbonyl (C=O) groups is 3. The molecule has 2 heterocycles. The van der Waals surface area contributed by atoms with Crippen LogP contribution in [0.25, 0.3) is 16.0 Å². The molecule has 1 fully saturated rings. The van der Waals surface area contributed by atoms with Gasteiger partial charge in [-0.05, 0) is 165 Å². The summed E-state index contributed by atoms with van der Waals surface area (Å²) in [6.45, 7) is 17.6. The number of nitrogens with one attached hydrogen (secondary N) is 8. The van der Waals surface area contributed by atoms with Crippen LogP contribution in [0.15, 0.2) is 147 Å². The maximum absolute atomic E-state index is 14.4. The highest BCUT2D eigenvalue weighted by Gasteiger charge is 2.49. The molecule has 4 atom stereocenters. The average molecular weight is 1430 g/mol. The number of hydrogen-bond donors (Lipinski definition) is 9. The van der Waals surface area contributed by atoms with Gasteiger partial charge in [-0.15, -0.1) is 23.1 Å². The van der Waals surface area contributed by atoms with Crippen LogP contribution < -0.4 is 41.9 Å². The Morgan fingerprint density at radius 3 is 2.13 bits per heavy atom. The number of aromatic nitrogens is 1. The van der Waals surface area contributed by atoms with Gasteiger partial charge in [-0.2, -0.15) is 13.2 Å². The highest BCUT2D eigenvalue weighted by molar-refractivity contribution is 7.99. The number of anilines is 2. The summed E-state index contributed by atoms with van der Waals surface area (Å²) in [6, 6.07) is 31.5. The highest BCUT2D eigenvalue weighted by atomic mass is 35.5. The number of halogens is 4. The second-order valence-electron chi connectivity index (χ2n) is 26.7. The lowest BCUT2D eigenvalue weighted by atomic mass is 9.73. The fourth-order valence-corrected chi connectivity index (χ4v) is 15.9. The predicted octanol–water partition coefficient (Wildman–Crippen LogP) is 11.8. The van der Waals surface area contributed by atoms with Crippen LogP contribution >= 0.6 is 34.7 Å². The van der Waals surface area contributed by atoms with Crippen molar-refractivity contribution in [2.45, 2.75) is 150 Å². The minimum absolute atomic E-state index is 0.0597. The summed E-state index contributed by atoms with van der Waals surface area (Å²) in [5.41, 5.74) is 2.65. The first-order valence-corrected chi connectivity index (χ1v) is 38.2. The number of thioether (sulfide) groups is 1. The molecule has 0 spiro atoms. The Kier molecular flexibility index (Phi) is 27.6. The van der Waals surface area contributed by atoms with Gasteiger partial charge in [-0.1, -0.05) is 119 Å². The molecule has 97 heavy (non-hydrogen) atoms. The maximum atomic E-state index is 14.4. The number of aliphatic hydroxyl groups is 1. The van der Waals surface area contributed by atoms with Crippen LogP contribution in [0.3, 0.4) is 0 Å². The van der Waals surface area contributed by atoms with Gasteiger partial charge in [0.1, 0.15) is 10.9 Å². The molecule has 1 aliphatic carbocycles. The molecule has 6 aromatic rings. The predicted molar refractivity (Wildman–Crippen MR) is 383 cm³/mol. The van der Waals surface area contributed by atoms with E-state index < -0.39 is 76.4 Å². The summed E-state index contributed by atoms with van der Waals surface area (Å²) < 4.78 is 99.1. The molecule has 0 radical (unpaired) electrons. The summed E-state index contributed by atoms with van der Waals surface area (Å²) in [5.74, 6) is -1.29. The number of unbranched alkanes of at least 4 members (excludes halogenated alkanes) is 3. The van der Waals surface area contributed by atoms with Crippen molar-refractivity contribution in [3.8, 4) is 10.4 Å². The van der Waals surface area contributed by atoms with Gasteiger partial charge in [0.05, 0.1) is 38.8 Å². The van der Waals surface area contributed by atoms with Crippen molar-refractivity contribution < 1.29 is 49.5 Å². The largest absolute Gasteiger partial charge is 0.501 e. The Balaban J connectivity index is 0.769. The van der Waals surface area contributed by atoms with E-state index in [9.17, 15) is 49.5 Å². The van der Waals surface area contributed by atoms with Gasteiger partial charge in [0.2, 0.25) is 11.8 Å². The van der Waals surface area contributed by atoms with Gasteiger partial charge in [0.25, 0.3) is 25.8 Å². The van der Waals surface area contributed by atoms with Crippen LogP contribution in [0.1, 0.15) is 120 Å². The lowest BCUT2D eigenvalue weighted by molar-refractivity contribution is -0.142. The number of aliphatic hydroxyl groups excluding tert-OH is 1. The molecule has 3 amide bonds. The molecular weight excluding hydrogens is 1340 g/mol. The Hall–Kier alpha value is -6.39. The van der Waals surface area contributed by atoms with E-state index in [4.69, 9.17) is 11.6 Å². The number of nitrogens with zero attached hydrogens (tertiary/aromatic N) is 2. The molecule has 0 saturated carbocycles. The van der Waals surface area contributed by atoms with Gasteiger partial charge in [-0.3, -0.25) is 14.4 Å². The van der Waals surface area contributed by atoms with E-state index in [1.54, 1.807) is 23.5 Å². The number of sulfone groups is 1. The molecule has 2 aliphatic rings. The van der Waals surface area contributed by atoms with Crippen molar-refractivity contribution in [2.75, 3.05) is 75.3 Å². The van der Waals surface area contributed by atoms with Crippen molar-refractivity contribution >= 4 is 89.2 Å². The standard InChI is InChI=1S/C71H92ClF3N10O8S4/c1-48-64(95-47-82-48)51-18-16-49(17-19-51)43-81-67(88)62-40-57(86)45-85(62)68(89)65(69(2,3)4)80-34-13-8-7-12-33-76-36-37-77-35-31-56(46-94-58-14-10-9-11-15-58)83-61-29-28-59(41-63(61)96(90,91)71(73,74)75)97(92,93)84-66(87)52-22-26-55(27-23-52)79-39-38-78-44-53-42-70(5,6)32-30-60(53)50-20-24-54(72)25-21-50/h9-11,14-29,41,47,56-57,62,65,76-80,83,86H,7-8,12-13,30-40,42-46H2,1-6H3,(H,81,88)(H,84,87)/t56-,57-,62+,65-/m1/s1. The number of rotatable bonds is 35. The normalized spacial score (nSPS) is 16.6. The van der Waals surface area contributed by atoms with Crippen LogP contribution in [-0.2, 0) is 36.0 Å². The summed E-state index contributed by atoms with van der Waals surface area (Å²) in [6.07, 6.45) is 6.27. The van der Waals surface area contributed by atoms with E-state index in [1.165, 1.54) is 45.5 Å². The maximum Gasteiger partial charge on any atom is 0.501 e. The summed E-state index contributed by atoms with van der Waals surface area (Å²) >= 11 is 9.15. The van der Waals surface area contributed by atoms with Crippen molar-refractivity contribution in [1.82, 2.24) is 41.2 Å². The minimum Gasteiger partial charge on any atom is -0.391 e. The van der Waals surface area contributed by atoms with E-state index in [1.807, 2.05) is 105 Å². The first-order valence-electron chi connectivity index (χ1n) is 33.0. The SMILES string of the molecule is Cc1ncsc1-c1ccc(CNC(=O)[C@@H]2C[C@@H](O)CN2C(=O)[C@@H](NCCCCCCNCCNCC[C@H](CSc2ccccc2)Nc2ccc(S(=O)(=O)NC(=O)c3ccc(NCCNCC4=C(c5ccc(Cl)cc5)CCC(C)(C)C4)cc3)cc2S(=O)(=O)C(F)(F)F)C(C)(C)C)cc1. The molecule has 1 saturated heterocycles. The number of alkyl halides is 3. The van der Waals surface area contributed by atoms with Crippen LogP contribution in [0.4, 0.5) is 24.5 Å². The topological polar surface area (TPSA) is 252 Å². The van der Waals surface area contributed by atoms with Crippen molar-refractivity contribution in [1.29, 1.82) is 0 Å². The molecule has 0 bridgehead atoms. The summed E-state index contributed by atoms with van der Waals surface area (Å²) in [5, 5.41) is 34.4. The highest BCUT2D eigenvalue weighted by Crippen LogP contribution is 2.43. The fourth-order valence-electron chi connectivity index (χ4n) is 11.9. The average Bonchev–Trinajstić information content (AvgIpc) is 1.24. The minimum atomic E-state index is -6.13. The molecule has 526 valence electrons. The third-order valence-electron chi connectivity index (χ3n) is 17.3. The van der Waals surface area contributed by atoms with E-state index in [2.05, 4.69) is 68.2 Å². The monoisotopic (exact) mass is 1430 g/mol. The first kappa shape index (κ1) is 76.4. The van der Waals surface area contributed by atoms with Crippen molar-refractivity contribution in [3.63, 3.8) is 0 Å². The third-order valence-corrected chi connectivity index (χ3v) is 22.6.